The number of benzene rings is 8. The van der Waals surface area contributed by atoms with Crippen LogP contribution in [0.3, 0.4) is 0 Å². The fraction of sp³-hybridized carbons (Fsp3) is 0.0943. The molecule has 0 N–H and O–H groups in total. The zero-order chi connectivity index (χ0) is 36.1. The molecule has 12 rings (SSSR count). The van der Waals surface area contributed by atoms with Gasteiger partial charge in [-0.25, -0.2) is 0 Å². The summed E-state index contributed by atoms with van der Waals surface area (Å²) in [5.74, 6) is 0. The van der Waals surface area contributed by atoms with E-state index in [9.17, 15) is 0 Å². The predicted molar refractivity (Wildman–Crippen MR) is 231 cm³/mol. The molecule has 55 heavy (non-hydrogen) atoms. The topological polar surface area (TPSA) is 9.86 Å². The van der Waals surface area contributed by atoms with Crippen LogP contribution in [0.1, 0.15) is 36.8 Å². The van der Waals surface area contributed by atoms with Crippen LogP contribution in [0.2, 0.25) is 0 Å². The average Bonchev–Trinajstić information content (AvgIpc) is 4.02. The molecular formula is C53H38N2. The Labute approximate surface area is 320 Å². The molecule has 0 saturated heterocycles. The van der Waals surface area contributed by atoms with Gasteiger partial charge in [-0.2, -0.15) is 0 Å². The van der Waals surface area contributed by atoms with Crippen LogP contribution in [0.5, 0.6) is 0 Å². The highest BCUT2D eigenvalue weighted by Crippen LogP contribution is 2.58. The molecular weight excluding hydrogens is 665 g/mol. The van der Waals surface area contributed by atoms with E-state index in [4.69, 9.17) is 0 Å². The van der Waals surface area contributed by atoms with Crippen LogP contribution in [0, 0.1) is 0 Å². The Bertz CT molecular complexity index is 2820. The van der Waals surface area contributed by atoms with Gasteiger partial charge in [0.25, 0.3) is 0 Å². The van der Waals surface area contributed by atoms with Crippen LogP contribution in [-0.4, -0.2) is 9.13 Å². The quantitative estimate of drug-likeness (QED) is 0.173. The Morgan fingerprint density at radius 2 is 0.655 bits per heavy atom. The molecule has 2 aromatic heterocycles. The molecule has 10 aromatic rings. The second kappa shape index (κ2) is 11.7. The van der Waals surface area contributed by atoms with Crippen molar-refractivity contribution in [2.45, 2.75) is 31.1 Å². The molecule has 260 valence electrons. The molecule has 1 fully saturated rings. The maximum atomic E-state index is 2.52. The summed E-state index contributed by atoms with van der Waals surface area (Å²) < 4.78 is 4.80. The van der Waals surface area contributed by atoms with Crippen molar-refractivity contribution in [3.05, 3.63) is 193 Å². The van der Waals surface area contributed by atoms with Crippen molar-refractivity contribution < 1.29 is 0 Å². The monoisotopic (exact) mass is 702 g/mol. The van der Waals surface area contributed by atoms with Crippen molar-refractivity contribution in [1.29, 1.82) is 0 Å². The van der Waals surface area contributed by atoms with E-state index in [0.29, 0.717) is 0 Å². The molecule has 1 saturated carbocycles. The first-order chi connectivity index (χ1) is 27.2. The Morgan fingerprint density at radius 1 is 0.327 bits per heavy atom. The number of para-hydroxylation sites is 4. The number of fused-ring (bicyclic) bond motifs is 11. The fourth-order valence-electron chi connectivity index (χ4n) is 10.4. The van der Waals surface area contributed by atoms with E-state index in [1.807, 2.05) is 0 Å². The third kappa shape index (κ3) is 4.43. The molecule has 0 aliphatic heterocycles. The standard InChI is InChI=1S/C53H38N2/c1-5-15-49-43(11-1)44-12-2-6-16-50(44)54(49)39-25-19-35(20-26-39)37-23-29-41-42-30-24-38(34-48(42)53(47(41)33-37)31-9-10-32-53)36-21-27-40(28-22-36)55-51-17-7-3-13-45(51)46-14-4-8-18-52(46)55/h1-8,11-30,33-34H,9-10,31-32H2. The number of hydrogen-bond acceptors (Lipinski definition) is 0. The van der Waals surface area contributed by atoms with Gasteiger partial charge in [0.1, 0.15) is 0 Å². The lowest BCUT2D eigenvalue weighted by molar-refractivity contribution is 0.550. The van der Waals surface area contributed by atoms with Crippen LogP contribution in [-0.2, 0) is 5.41 Å². The average molecular weight is 703 g/mol. The second-order valence-corrected chi connectivity index (χ2v) is 15.6. The van der Waals surface area contributed by atoms with Gasteiger partial charge in [0.2, 0.25) is 0 Å². The smallest absolute Gasteiger partial charge is 0.0541 e. The Hall–Kier alpha value is -6.64. The molecule has 0 bridgehead atoms. The summed E-state index contributed by atoms with van der Waals surface area (Å²) in [6.07, 6.45) is 4.96. The first kappa shape index (κ1) is 30.8. The van der Waals surface area contributed by atoms with Gasteiger partial charge in [-0.15, -0.1) is 0 Å². The molecule has 2 heterocycles. The molecule has 2 aliphatic carbocycles. The van der Waals surface area contributed by atoms with Crippen molar-refractivity contribution in [3.63, 3.8) is 0 Å². The zero-order valence-corrected chi connectivity index (χ0v) is 30.5. The van der Waals surface area contributed by atoms with Crippen LogP contribution >= 0.6 is 0 Å². The minimum absolute atomic E-state index is 0.0719. The van der Waals surface area contributed by atoms with Crippen molar-refractivity contribution in [2.24, 2.45) is 0 Å². The van der Waals surface area contributed by atoms with E-state index in [0.717, 1.165) is 0 Å². The first-order valence-corrected chi connectivity index (χ1v) is 19.7. The molecule has 8 aromatic carbocycles. The van der Waals surface area contributed by atoms with Gasteiger partial charge < -0.3 is 9.13 Å². The summed E-state index contributed by atoms with van der Waals surface area (Å²) >= 11 is 0. The summed E-state index contributed by atoms with van der Waals surface area (Å²) in [5.41, 5.74) is 18.4. The molecule has 0 radical (unpaired) electrons. The minimum atomic E-state index is 0.0719. The molecule has 0 atom stereocenters. The van der Waals surface area contributed by atoms with Crippen molar-refractivity contribution in [3.8, 4) is 44.8 Å². The van der Waals surface area contributed by atoms with Gasteiger partial charge >= 0.3 is 0 Å². The second-order valence-electron chi connectivity index (χ2n) is 15.6. The van der Waals surface area contributed by atoms with Gasteiger partial charge in [-0.1, -0.05) is 134 Å². The highest BCUT2D eigenvalue weighted by molar-refractivity contribution is 6.10. The highest BCUT2D eigenvalue weighted by atomic mass is 15.0. The van der Waals surface area contributed by atoms with E-state index in [1.54, 1.807) is 0 Å². The maximum absolute atomic E-state index is 2.52. The van der Waals surface area contributed by atoms with Gasteiger partial charge in [0.05, 0.1) is 22.1 Å². The van der Waals surface area contributed by atoms with E-state index in [1.165, 1.54) is 125 Å². The number of aromatic nitrogens is 2. The van der Waals surface area contributed by atoms with Crippen LogP contribution in [0.25, 0.3) is 88.4 Å². The van der Waals surface area contributed by atoms with Gasteiger partial charge in [-0.05, 0) is 118 Å². The lowest BCUT2D eigenvalue weighted by atomic mass is 9.75. The summed E-state index contributed by atoms with van der Waals surface area (Å²) in [4.78, 5) is 0. The molecule has 0 amide bonds. The number of rotatable bonds is 4. The molecule has 1 spiro atoms. The van der Waals surface area contributed by atoms with E-state index >= 15 is 0 Å². The van der Waals surface area contributed by atoms with E-state index < -0.39 is 0 Å². The van der Waals surface area contributed by atoms with Crippen molar-refractivity contribution >= 4 is 43.6 Å². The highest BCUT2D eigenvalue weighted by Gasteiger charge is 2.45. The largest absolute Gasteiger partial charge is 0.309 e. The van der Waals surface area contributed by atoms with E-state index in [-0.39, 0.29) is 5.41 Å². The third-order valence-electron chi connectivity index (χ3n) is 12.9. The summed E-state index contributed by atoms with van der Waals surface area (Å²) in [6, 6.07) is 67.9. The maximum Gasteiger partial charge on any atom is 0.0541 e. The normalized spacial score (nSPS) is 14.4. The SMILES string of the molecule is c1ccc2c(c1)c1ccccc1n2-c1ccc(-c2ccc3c(c2)C2(CCCC2)c2cc(-c4ccc(-n5c6ccccc6c6ccccc65)cc4)ccc2-3)cc1. The van der Waals surface area contributed by atoms with Gasteiger partial charge in [0.15, 0.2) is 0 Å². The van der Waals surface area contributed by atoms with Crippen molar-refractivity contribution in [1.82, 2.24) is 9.13 Å². The fourth-order valence-corrected chi connectivity index (χ4v) is 10.4. The lowest BCUT2D eigenvalue weighted by Crippen LogP contribution is -2.20. The molecule has 2 heteroatoms. The molecule has 0 unspecified atom stereocenters. The Balaban J connectivity index is 0.901. The summed E-state index contributed by atoms with van der Waals surface area (Å²) in [5, 5.41) is 5.17. The van der Waals surface area contributed by atoms with Gasteiger partial charge in [0, 0.05) is 38.3 Å². The van der Waals surface area contributed by atoms with Crippen LogP contribution in [0.4, 0.5) is 0 Å². The van der Waals surface area contributed by atoms with Crippen LogP contribution < -0.4 is 0 Å². The summed E-state index contributed by atoms with van der Waals surface area (Å²) in [6.45, 7) is 0. The number of nitrogens with zero attached hydrogens (tertiary/aromatic N) is 2. The van der Waals surface area contributed by atoms with Gasteiger partial charge in [-0.3, -0.25) is 0 Å². The first-order valence-electron chi connectivity index (χ1n) is 19.7. The minimum Gasteiger partial charge on any atom is -0.309 e. The lowest BCUT2D eigenvalue weighted by Gasteiger charge is -2.27. The predicted octanol–water partition coefficient (Wildman–Crippen LogP) is 14.1. The summed E-state index contributed by atoms with van der Waals surface area (Å²) in [7, 11) is 0. The Morgan fingerprint density at radius 3 is 1.02 bits per heavy atom. The molecule has 2 aliphatic rings. The van der Waals surface area contributed by atoms with Crippen LogP contribution in [0.15, 0.2) is 182 Å². The third-order valence-corrected chi connectivity index (χ3v) is 12.9. The number of hydrogen-bond donors (Lipinski definition) is 0. The zero-order valence-electron chi connectivity index (χ0n) is 30.5. The molecule has 2 nitrogen and oxygen atoms in total. The van der Waals surface area contributed by atoms with Crippen molar-refractivity contribution in [2.75, 3.05) is 0 Å². The Kier molecular flexibility index (Phi) is 6.54. The van der Waals surface area contributed by atoms with E-state index in [2.05, 4.69) is 191 Å².